The molecule has 0 bridgehead atoms. The van der Waals surface area contributed by atoms with Crippen LogP contribution in [0.3, 0.4) is 0 Å². The molecule has 1 saturated heterocycles. The van der Waals surface area contributed by atoms with Crippen LogP contribution in [0.25, 0.3) is 11.5 Å². The molecule has 0 aliphatic carbocycles. The zero-order chi connectivity index (χ0) is 17.8. The second kappa shape index (κ2) is 7.46. The minimum Gasteiger partial charge on any atom is -0.338 e. The summed E-state index contributed by atoms with van der Waals surface area (Å²) in [7, 11) is 0. The highest BCUT2D eigenvalue weighted by molar-refractivity contribution is 5.79. The molecule has 25 heavy (non-hydrogen) atoms. The summed E-state index contributed by atoms with van der Waals surface area (Å²) in [6.45, 7) is 5.47. The fourth-order valence-electron chi connectivity index (χ4n) is 3.03. The minimum absolute atomic E-state index is 0.0234. The van der Waals surface area contributed by atoms with Crippen molar-refractivity contribution in [3.63, 3.8) is 0 Å². The van der Waals surface area contributed by atoms with Gasteiger partial charge in [0, 0.05) is 37.7 Å². The lowest BCUT2D eigenvalue weighted by Crippen LogP contribution is -2.55. The first kappa shape index (κ1) is 17.1. The largest absolute Gasteiger partial charge is 0.338 e. The number of carbonyl (C=O) groups is 2. The van der Waals surface area contributed by atoms with Crippen LogP contribution in [0.15, 0.2) is 34.9 Å². The number of nitrogens with zero attached hydrogens (tertiary/aromatic N) is 4. The van der Waals surface area contributed by atoms with Gasteiger partial charge in [0.2, 0.25) is 11.8 Å². The van der Waals surface area contributed by atoms with E-state index in [0.717, 1.165) is 5.56 Å². The van der Waals surface area contributed by atoms with Gasteiger partial charge in [0.15, 0.2) is 5.82 Å². The number of piperazine rings is 1. The Kier molecular flexibility index (Phi) is 5.11. The maximum Gasteiger partial charge on any atom is 0.257 e. The minimum atomic E-state index is -0.0455. The number of amides is 2. The summed E-state index contributed by atoms with van der Waals surface area (Å²) in [5.74, 6) is 0.875. The van der Waals surface area contributed by atoms with Crippen molar-refractivity contribution in [2.24, 2.45) is 0 Å². The van der Waals surface area contributed by atoms with Gasteiger partial charge < -0.3 is 14.3 Å². The van der Waals surface area contributed by atoms with E-state index in [9.17, 15) is 9.59 Å². The van der Waals surface area contributed by atoms with E-state index in [1.165, 1.54) is 0 Å². The van der Waals surface area contributed by atoms with Crippen LogP contribution >= 0.6 is 0 Å². The number of benzene rings is 1. The van der Waals surface area contributed by atoms with Gasteiger partial charge in [-0.3, -0.25) is 9.59 Å². The molecule has 1 unspecified atom stereocenters. The van der Waals surface area contributed by atoms with Gasteiger partial charge in [0.1, 0.15) is 0 Å². The molecule has 0 N–H and O–H groups in total. The second-order valence-corrected chi connectivity index (χ2v) is 6.19. The molecule has 0 spiro atoms. The van der Waals surface area contributed by atoms with Crippen LogP contribution in [0, 0.1) is 0 Å². The summed E-state index contributed by atoms with van der Waals surface area (Å²) in [5, 5.41) is 3.90. The normalized spacial score (nSPS) is 17.6. The Hall–Kier alpha value is -2.70. The van der Waals surface area contributed by atoms with E-state index in [2.05, 4.69) is 10.1 Å². The van der Waals surface area contributed by atoms with E-state index in [4.69, 9.17) is 4.52 Å². The van der Waals surface area contributed by atoms with E-state index >= 15 is 0 Å². The molecular weight excluding hydrogens is 320 g/mol. The Balaban J connectivity index is 1.60. The fraction of sp³-hybridized carbons (Fsp3) is 0.444. The molecule has 2 heterocycles. The van der Waals surface area contributed by atoms with Crippen LogP contribution in [0.5, 0.6) is 0 Å². The molecule has 3 rings (SSSR count). The van der Waals surface area contributed by atoms with Crippen molar-refractivity contribution in [3.05, 3.63) is 36.2 Å². The maximum atomic E-state index is 12.5. The summed E-state index contributed by atoms with van der Waals surface area (Å²) in [5.41, 5.74) is 0.828. The van der Waals surface area contributed by atoms with Crippen LogP contribution < -0.4 is 0 Å². The molecule has 2 amide bonds. The van der Waals surface area contributed by atoms with Gasteiger partial charge in [0.25, 0.3) is 5.89 Å². The molecule has 1 aromatic carbocycles. The molecule has 132 valence electrons. The standard InChI is InChI=1S/C18H22N4O3/c1-3-16(23)22-10-9-21(12-13(22)2)17(24)11-15-19-18(25-20-15)14-7-5-4-6-8-14/h4-8,13H,3,9-12H2,1-2H3. The van der Waals surface area contributed by atoms with Crippen molar-refractivity contribution in [2.45, 2.75) is 32.7 Å². The quantitative estimate of drug-likeness (QED) is 0.846. The number of hydrogen-bond donors (Lipinski definition) is 0. The number of rotatable bonds is 4. The van der Waals surface area contributed by atoms with Crippen LogP contribution in [-0.2, 0) is 16.0 Å². The predicted octanol–water partition coefficient (Wildman–Crippen LogP) is 1.75. The molecule has 1 aliphatic heterocycles. The molecule has 1 aromatic heterocycles. The molecule has 1 aliphatic rings. The lowest BCUT2D eigenvalue weighted by molar-refractivity contribution is -0.142. The molecule has 1 atom stereocenters. The van der Waals surface area contributed by atoms with Crippen molar-refractivity contribution in [1.82, 2.24) is 19.9 Å². The first-order valence-corrected chi connectivity index (χ1v) is 8.53. The van der Waals surface area contributed by atoms with Crippen LogP contribution in [0.4, 0.5) is 0 Å². The first-order valence-electron chi connectivity index (χ1n) is 8.53. The maximum absolute atomic E-state index is 12.5. The summed E-state index contributed by atoms with van der Waals surface area (Å²) in [6, 6.07) is 9.48. The number of hydrogen-bond acceptors (Lipinski definition) is 5. The molecule has 2 aromatic rings. The molecule has 7 heteroatoms. The van der Waals surface area contributed by atoms with E-state index in [-0.39, 0.29) is 24.3 Å². The van der Waals surface area contributed by atoms with Crippen LogP contribution in [0.2, 0.25) is 0 Å². The van der Waals surface area contributed by atoms with Gasteiger partial charge >= 0.3 is 0 Å². The third-order valence-corrected chi connectivity index (χ3v) is 4.40. The monoisotopic (exact) mass is 342 g/mol. The zero-order valence-corrected chi connectivity index (χ0v) is 14.5. The Bertz CT molecular complexity index is 744. The van der Waals surface area contributed by atoms with Crippen LogP contribution in [-0.4, -0.2) is 57.4 Å². The van der Waals surface area contributed by atoms with Gasteiger partial charge in [-0.1, -0.05) is 30.3 Å². The summed E-state index contributed by atoms with van der Waals surface area (Å²) < 4.78 is 5.24. The smallest absolute Gasteiger partial charge is 0.257 e. The highest BCUT2D eigenvalue weighted by atomic mass is 16.5. The number of aromatic nitrogens is 2. The predicted molar refractivity (Wildman–Crippen MR) is 91.5 cm³/mol. The summed E-state index contributed by atoms with van der Waals surface area (Å²) in [6.07, 6.45) is 0.591. The molecular formula is C18H22N4O3. The van der Waals surface area contributed by atoms with E-state index in [0.29, 0.717) is 37.8 Å². The SMILES string of the molecule is CCC(=O)N1CCN(C(=O)Cc2noc(-c3ccccc3)n2)CC1C. The van der Waals surface area contributed by atoms with Gasteiger partial charge in [0.05, 0.1) is 6.42 Å². The van der Waals surface area contributed by atoms with E-state index in [1.54, 1.807) is 4.90 Å². The van der Waals surface area contributed by atoms with Crippen molar-refractivity contribution in [1.29, 1.82) is 0 Å². The Morgan fingerprint density at radius 3 is 2.64 bits per heavy atom. The number of carbonyl (C=O) groups excluding carboxylic acids is 2. The molecule has 1 fully saturated rings. The fourth-order valence-corrected chi connectivity index (χ4v) is 3.03. The van der Waals surface area contributed by atoms with Crippen molar-refractivity contribution in [3.8, 4) is 11.5 Å². The third-order valence-electron chi connectivity index (χ3n) is 4.40. The Morgan fingerprint density at radius 2 is 1.96 bits per heavy atom. The lowest BCUT2D eigenvalue weighted by atomic mass is 10.1. The molecule has 0 saturated carbocycles. The zero-order valence-electron chi connectivity index (χ0n) is 14.5. The van der Waals surface area contributed by atoms with Gasteiger partial charge in [-0.15, -0.1) is 0 Å². The van der Waals surface area contributed by atoms with Gasteiger partial charge in [-0.25, -0.2) is 0 Å². The average Bonchev–Trinajstić information content (AvgIpc) is 3.10. The average molecular weight is 342 g/mol. The van der Waals surface area contributed by atoms with Gasteiger partial charge in [-0.05, 0) is 19.1 Å². The van der Waals surface area contributed by atoms with Crippen molar-refractivity contribution < 1.29 is 14.1 Å². The molecule has 0 radical (unpaired) electrons. The van der Waals surface area contributed by atoms with Crippen molar-refractivity contribution in [2.75, 3.05) is 19.6 Å². The molecule has 7 nitrogen and oxygen atoms in total. The van der Waals surface area contributed by atoms with Gasteiger partial charge in [-0.2, -0.15) is 4.98 Å². The Morgan fingerprint density at radius 1 is 1.20 bits per heavy atom. The van der Waals surface area contributed by atoms with Crippen molar-refractivity contribution >= 4 is 11.8 Å². The van der Waals surface area contributed by atoms with E-state index in [1.807, 2.05) is 49.1 Å². The Labute approximate surface area is 146 Å². The third kappa shape index (κ3) is 3.87. The first-order chi connectivity index (χ1) is 12.1. The lowest BCUT2D eigenvalue weighted by Gasteiger charge is -2.39. The highest BCUT2D eigenvalue weighted by Crippen LogP contribution is 2.17. The van der Waals surface area contributed by atoms with Crippen LogP contribution in [0.1, 0.15) is 26.1 Å². The second-order valence-electron chi connectivity index (χ2n) is 6.19. The summed E-state index contributed by atoms with van der Waals surface area (Å²) in [4.78, 5) is 32.3. The topological polar surface area (TPSA) is 79.5 Å². The highest BCUT2D eigenvalue weighted by Gasteiger charge is 2.29. The van der Waals surface area contributed by atoms with E-state index < -0.39 is 0 Å². The summed E-state index contributed by atoms with van der Waals surface area (Å²) >= 11 is 0.